The molecule has 3 heteroatoms. The van der Waals surface area contributed by atoms with Gasteiger partial charge in [0.2, 0.25) is 0 Å². The normalized spacial score (nSPS) is 14.1. The fraction of sp³-hybridized carbons (Fsp3) is 0.222. The fourth-order valence-corrected chi connectivity index (χ4v) is 1.24. The van der Waals surface area contributed by atoms with Crippen LogP contribution in [-0.4, -0.2) is 0 Å². The maximum Gasteiger partial charge on any atom is 1.00 e. The summed E-state index contributed by atoms with van der Waals surface area (Å²) in [5, 5.41) is 0. The molecule has 1 heterocycles. The molecule has 2 rings (SSSR count). The van der Waals surface area contributed by atoms with E-state index in [1.165, 1.54) is 6.07 Å². The molecule has 0 radical (unpaired) electrons. The average molecular weight is 237 g/mol. The second-order valence-electron chi connectivity index (χ2n) is 2.55. The zero-order valence-corrected chi connectivity index (χ0v) is 11.9. The van der Waals surface area contributed by atoms with Crippen LogP contribution >= 0.6 is 0 Å². The van der Waals surface area contributed by atoms with Gasteiger partial charge in [0.15, 0.2) is 5.82 Å². The zero-order chi connectivity index (χ0) is 7.68. The maximum absolute atomic E-state index is 12.9. The standard InChI is InChI=1S/C9H8FO.Rb/c10-8-5-1-3-7-4-2-6-11-9(7)8;/h1,3,5-6H,2,4H2;/q-1;+1. The minimum atomic E-state index is -0.265. The van der Waals surface area contributed by atoms with E-state index in [2.05, 4.69) is 0 Å². The third kappa shape index (κ3) is 2.16. The Hall–Kier alpha value is 0.755. The number of halogens is 1. The summed E-state index contributed by atoms with van der Waals surface area (Å²) in [4.78, 5) is 0. The Bertz CT molecular complexity index is 275. The van der Waals surface area contributed by atoms with Gasteiger partial charge in [0, 0.05) is 0 Å². The van der Waals surface area contributed by atoms with Gasteiger partial charge in [-0.3, -0.25) is 0 Å². The summed E-state index contributed by atoms with van der Waals surface area (Å²) >= 11 is 0. The molecule has 0 atom stereocenters. The Kier molecular flexibility index (Phi) is 4.37. The number of hydrogen-bond acceptors (Lipinski definition) is 1. The van der Waals surface area contributed by atoms with Crippen molar-refractivity contribution in [1.82, 2.24) is 0 Å². The molecule has 58 valence electrons. The van der Waals surface area contributed by atoms with E-state index in [0.29, 0.717) is 5.75 Å². The van der Waals surface area contributed by atoms with Crippen LogP contribution in [0.5, 0.6) is 5.75 Å². The van der Waals surface area contributed by atoms with E-state index < -0.39 is 0 Å². The molecule has 0 fully saturated rings. The van der Waals surface area contributed by atoms with Crippen LogP contribution in [-0.2, 0) is 6.42 Å². The van der Waals surface area contributed by atoms with Crippen LogP contribution in [0.2, 0.25) is 0 Å². The first kappa shape index (κ1) is 10.8. The molecule has 1 aliphatic rings. The van der Waals surface area contributed by atoms with E-state index in [0.717, 1.165) is 18.4 Å². The monoisotopic (exact) mass is 236 g/mol. The molecule has 1 aromatic carbocycles. The van der Waals surface area contributed by atoms with Crippen LogP contribution in [0.3, 0.4) is 0 Å². The van der Waals surface area contributed by atoms with Gasteiger partial charge in [0.1, 0.15) is 5.75 Å². The van der Waals surface area contributed by atoms with Gasteiger partial charge < -0.3 is 4.74 Å². The summed E-state index contributed by atoms with van der Waals surface area (Å²) in [6.07, 6.45) is 1.75. The van der Waals surface area contributed by atoms with Crippen molar-refractivity contribution in [2.45, 2.75) is 12.8 Å². The molecule has 0 aromatic heterocycles. The Balaban J connectivity index is 0.000000720. The zero-order valence-electron chi connectivity index (χ0n) is 7.01. The summed E-state index contributed by atoms with van der Waals surface area (Å²) in [6.45, 7) is 1.64. The predicted molar refractivity (Wildman–Crippen MR) is 39.6 cm³/mol. The molecule has 0 spiro atoms. The van der Waals surface area contributed by atoms with Crippen molar-refractivity contribution in [3.8, 4) is 5.75 Å². The van der Waals surface area contributed by atoms with Crippen molar-refractivity contribution in [2.75, 3.05) is 0 Å². The molecule has 0 amide bonds. The third-order valence-corrected chi connectivity index (χ3v) is 1.78. The number of aryl methyl sites for hydroxylation is 1. The number of hydrogen-bond donors (Lipinski definition) is 0. The number of benzene rings is 1. The van der Waals surface area contributed by atoms with Gasteiger partial charge in [0.25, 0.3) is 0 Å². The van der Waals surface area contributed by atoms with Crippen LogP contribution in [0.15, 0.2) is 18.2 Å². The molecule has 0 bridgehead atoms. The van der Waals surface area contributed by atoms with Crippen molar-refractivity contribution >= 4 is 0 Å². The van der Waals surface area contributed by atoms with E-state index in [1.54, 1.807) is 12.7 Å². The van der Waals surface area contributed by atoms with Crippen LogP contribution in [0.25, 0.3) is 0 Å². The molecular weight excluding hydrogens is 229 g/mol. The SMILES string of the molecule is Fc1cccc2c1O[CH-]CC2.[Rb+]. The fourth-order valence-electron chi connectivity index (χ4n) is 1.24. The van der Waals surface area contributed by atoms with Crippen molar-refractivity contribution in [1.29, 1.82) is 0 Å². The van der Waals surface area contributed by atoms with Crippen molar-refractivity contribution in [2.24, 2.45) is 0 Å². The molecule has 0 saturated carbocycles. The maximum atomic E-state index is 12.9. The molecule has 1 nitrogen and oxygen atoms in total. The van der Waals surface area contributed by atoms with E-state index in [1.807, 2.05) is 6.07 Å². The predicted octanol–water partition coefficient (Wildman–Crippen LogP) is -0.684. The van der Waals surface area contributed by atoms with E-state index in [4.69, 9.17) is 4.74 Å². The summed E-state index contributed by atoms with van der Waals surface area (Å²) in [7, 11) is 0. The van der Waals surface area contributed by atoms with Gasteiger partial charge in [0.05, 0.1) is 0 Å². The van der Waals surface area contributed by atoms with Gasteiger partial charge in [-0.25, -0.2) is 4.39 Å². The van der Waals surface area contributed by atoms with Crippen LogP contribution in [0, 0.1) is 12.4 Å². The average Bonchev–Trinajstić information content (AvgIpc) is 2.06. The quantitative estimate of drug-likeness (QED) is 0.543. The summed E-state index contributed by atoms with van der Waals surface area (Å²) in [5.74, 6) is 0.136. The summed E-state index contributed by atoms with van der Waals surface area (Å²) < 4.78 is 18.0. The van der Waals surface area contributed by atoms with Crippen molar-refractivity contribution < 1.29 is 67.3 Å². The third-order valence-electron chi connectivity index (χ3n) is 1.78. The van der Waals surface area contributed by atoms with Crippen LogP contribution in [0.4, 0.5) is 4.39 Å². The van der Waals surface area contributed by atoms with Gasteiger partial charge >= 0.3 is 58.2 Å². The number of ether oxygens (including phenoxy) is 1. The summed E-state index contributed by atoms with van der Waals surface area (Å²) in [6, 6.07) is 5.02. The topological polar surface area (TPSA) is 9.23 Å². The second kappa shape index (κ2) is 4.84. The number of rotatable bonds is 0. The van der Waals surface area contributed by atoms with E-state index in [-0.39, 0.29) is 64.0 Å². The number of para-hydroxylation sites is 1. The van der Waals surface area contributed by atoms with E-state index in [9.17, 15) is 4.39 Å². The summed E-state index contributed by atoms with van der Waals surface area (Å²) in [5.41, 5.74) is 0.965. The molecule has 1 aromatic rings. The molecule has 0 N–H and O–H groups in total. The van der Waals surface area contributed by atoms with Gasteiger partial charge in [-0.2, -0.15) is 6.61 Å². The van der Waals surface area contributed by atoms with Gasteiger partial charge in [-0.05, 0) is 18.1 Å². The molecule has 12 heavy (non-hydrogen) atoms. The molecule has 0 unspecified atom stereocenters. The van der Waals surface area contributed by atoms with Gasteiger partial charge in [-0.15, -0.1) is 6.42 Å². The molecule has 0 saturated heterocycles. The largest absolute Gasteiger partial charge is 1.00 e. The smallest absolute Gasteiger partial charge is 0.660 e. The molecule has 1 aliphatic heterocycles. The minimum Gasteiger partial charge on any atom is -0.660 e. The van der Waals surface area contributed by atoms with Crippen LogP contribution < -0.4 is 62.9 Å². The Labute approximate surface area is 120 Å². The number of fused-ring (bicyclic) bond motifs is 1. The molecule has 0 aliphatic carbocycles. The first-order valence-electron chi connectivity index (χ1n) is 3.63. The Morgan fingerprint density at radius 3 is 3.00 bits per heavy atom. The Morgan fingerprint density at radius 1 is 1.42 bits per heavy atom. The van der Waals surface area contributed by atoms with Crippen molar-refractivity contribution in [3.63, 3.8) is 0 Å². The van der Waals surface area contributed by atoms with Crippen LogP contribution in [0.1, 0.15) is 12.0 Å². The van der Waals surface area contributed by atoms with E-state index >= 15 is 0 Å². The first-order chi connectivity index (χ1) is 5.38. The first-order valence-corrected chi connectivity index (χ1v) is 3.63. The second-order valence-corrected chi connectivity index (χ2v) is 2.55. The Morgan fingerprint density at radius 2 is 2.25 bits per heavy atom. The minimum absolute atomic E-state index is 0. The van der Waals surface area contributed by atoms with Gasteiger partial charge in [-0.1, -0.05) is 12.1 Å². The van der Waals surface area contributed by atoms with Crippen molar-refractivity contribution in [3.05, 3.63) is 36.2 Å². The molecular formula is C9H8FORb.